The number of nitrogens with zero attached hydrogens (tertiary/aromatic N) is 1. The van der Waals surface area contributed by atoms with Crippen molar-refractivity contribution in [3.8, 4) is 0 Å². The smallest absolute Gasteiger partial charge is 0.317 e. The molecule has 5 nitrogen and oxygen atoms in total. The molecular weight excluding hydrogens is 220 g/mol. The summed E-state index contributed by atoms with van der Waals surface area (Å²) in [6.07, 6.45) is 3.63. The van der Waals surface area contributed by atoms with Crippen LogP contribution in [0.15, 0.2) is 0 Å². The lowest BCUT2D eigenvalue weighted by molar-refractivity contribution is -0.142. The van der Waals surface area contributed by atoms with Gasteiger partial charge in [-0.25, -0.2) is 4.79 Å². The van der Waals surface area contributed by atoms with Gasteiger partial charge in [0.2, 0.25) is 0 Å². The van der Waals surface area contributed by atoms with Gasteiger partial charge < -0.3 is 15.3 Å². The first-order chi connectivity index (χ1) is 8.08. The fourth-order valence-electron chi connectivity index (χ4n) is 2.36. The van der Waals surface area contributed by atoms with E-state index >= 15 is 0 Å². The summed E-state index contributed by atoms with van der Waals surface area (Å²) in [7, 11) is 0. The Hall–Kier alpha value is -1.26. The second kappa shape index (κ2) is 4.94. The van der Waals surface area contributed by atoms with Crippen molar-refractivity contribution in [1.82, 2.24) is 10.2 Å². The van der Waals surface area contributed by atoms with Crippen molar-refractivity contribution in [3.63, 3.8) is 0 Å². The number of rotatable bonds is 4. The molecule has 0 aromatic heterocycles. The molecule has 0 bridgehead atoms. The Balaban J connectivity index is 1.73. The third-order valence-corrected chi connectivity index (χ3v) is 3.74. The molecule has 0 unspecified atom stereocenters. The fourth-order valence-corrected chi connectivity index (χ4v) is 2.36. The summed E-state index contributed by atoms with van der Waals surface area (Å²) in [5.41, 5.74) is 0. The van der Waals surface area contributed by atoms with Crippen molar-refractivity contribution in [2.45, 2.75) is 26.2 Å². The number of hydrogen-bond donors (Lipinski definition) is 2. The van der Waals surface area contributed by atoms with Crippen LogP contribution in [0.25, 0.3) is 0 Å². The highest BCUT2D eigenvalue weighted by Crippen LogP contribution is 2.31. The summed E-state index contributed by atoms with van der Waals surface area (Å²) in [5.74, 6) is -0.365. The molecule has 96 valence electrons. The quantitative estimate of drug-likeness (QED) is 0.774. The largest absolute Gasteiger partial charge is 0.481 e. The molecule has 1 aliphatic carbocycles. The van der Waals surface area contributed by atoms with E-state index in [0.29, 0.717) is 19.6 Å². The Morgan fingerprint density at radius 3 is 2.59 bits per heavy atom. The first-order valence-electron chi connectivity index (χ1n) is 6.33. The van der Waals surface area contributed by atoms with Crippen LogP contribution in [0, 0.1) is 17.8 Å². The highest BCUT2D eigenvalue weighted by Gasteiger charge is 2.36. The number of aliphatic carboxylic acids is 1. The van der Waals surface area contributed by atoms with Gasteiger partial charge in [0.15, 0.2) is 0 Å². The van der Waals surface area contributed by atoms with E-state index in [9.17, 15) is 9.59 Å². The van der Waals surface area contributed by atoms with E-state index in [-0.39, 0.29) is 11.9 Å². The second-order valence-corrected chi connectivity index (χ2v) is 5.29. The molecule has 5 heteroatoms. The zero-order valence-electron chi connectivity index (χ0n) is 10.2. The van der Waals surface area contributed by atoms with Crippen molar-refractivity contribution in [3.05, 3.63) is 0 Å². The average molecular weight is 240 g/mol. The topological polar surface area (TPSA) is 69.6 Å². The number of carboxylic acids is 1. The van der Waals surface area contributed by atoms with Crippen molar-refractivity contribution < 1.29 is 14.7 Å². The van der Waals surface area contributed by atoms with E-state index in [1.165, 1.54) is 12.8 Å². The third-order valence-electron chi connectivity index (χ3n) is 3.74. The number of carbonyl (C=O) groups excluding carboxylic acids is 1. The number of hydrogen-bond acceptors (Lipinski definition) is 2. The molecule has 1 heterocycles. The highest BCUT2D eigenvalue weighted by molar-refractivity contribution is 5.77. The van der Waals surface area contributed by atoms with E-state index in [2.05, 4.69) is 5.32 Å². The first kappa shape index (κ1) is 12.2. The van der Waals surface area contributed by atoms with Gasteiger partial charge in [-0.2, -0.15) is 0 Å². The number of carboxylic acid groups (broad SMARTS) is 1. The summed E-state index contributed by atoms with van der Waals surface area (Å²) in [5, 5.41) is 11.9. The van der Waals surface area contributed by atoms with Crippen LogP contribution in [-0.4, -0.2) is 41.6 Å². The van der Waals surface area contributed by atoms with E-state index in [1.54, 1.807) is 4.90 Å². The molecule has 2 aliphatic rings. The van der Waals surface area contributed by atoms with Crippen LogP contribution in [0.2, 0.25) is 0 Å². The van der Waals surface area contributed by atoms with Gasteiger partial charge in [-0.3, -0.25) is 4.79 Å². The molecular formula is C12H20N2O3. The van der Waals surface area contributed by atoms with Gasteiger partial charge in [-0.1, -0.05) is 19.8 Å². The summed E-state index contributed by atoms with van der Waals surface area (Å²) < 4.78 is 0. The minimum atomic E-state index is -0.800. The Labute approximate surface area is 101 Å². The Kier molecular flexibility index (Phi) is 3.54. The van der Waals surface area contributed by atoms with Gasteiger partial charge in [-0.05, 0) is 18.3 Å². The predicted octanol–water partition coefficient (Wildman–Crippen LogP) is 1.15. The maximum atomic E-state index is 11.8. The summed E-state index contributed by atoms with van der Waals surface area (Å²) in [6.45, 7) is 3.49. The molecule has 0 aromatic rings. The maximum Gasteiger partial charge on any atom is 0.317 e. The van der Waals surface area contributed by atoms with Gasteiger partial charge >= 0.3 is 12.0 Å². The molecule has 2 N–H and O–H groups in total. The summed E-state index contributed by atoms with van der Waals surface area (Å²) in [6, 6.07) is -0.110. The standard InChI is InChI=1S/C12H20N2O3/c1-8-6-14(7-10(8)11(15)16)12(17)13-5-4-9-2-3-9/h8-10H,2-7H2,1H3,(H,13,17)(H,15,16)/t8-,10-/m1/s1. The molecule has 2 rings (SSSR count). The lowest BCUT2D eigenvalue weighted by atomic mass is 9.99. The van der Waals surface area contributed by atoms with Crippen LogP contribution in [0.1, 0.15) is 26.2 Å². The lowest BCUT2D eigenvalue weighted by Gasteiger charge is -2.16. The molecule has 1 saturated heterocycles. The molecule has 0 spiro atoms. The SMILES string of the molecule is C[C@@H]1CN(C(=O)NCCC2CC2)C[C@H]1C(=O)O. The van der Waals surface area contributed by atoms with Crippen LogP contribution < -0.4 is 5.32 Å². The highest BCUT2D eigenvalue weighted by atomic mass is 16.4. The Morgan fingerprint density at radius 1 is 1.35 bits per heavy atom. The monoisotopic (exact) mass is 240 g/mol. The van der Waals surface area contributed by atoms with Gasteiger partial charge in [0.05, 0.1) is 5.92 Å². The van der Waals surface area contributed by atoms with Gasteiger partial charge in [0.25, 0.3) is 0 Å². The first-order valence-corrected chi connectivity index (χ1v) is 6.33. The number of likely N-dealkylation sites (tertiary alicyclic amines) is 1. The predicted molar refractivity (Wildman–Crippen MR) is 62.6 cm³/mol. The van der Waals surface area contributed by atoms with E-state index < -0.39 is 11.9 Å². The third kappa shape index (κ3) is 3.11. The van der Waals surface area contributed by atoms with Crippen LogP contribution in [-0.2, 0) is 4.79 Å². The molecule has 1 aliphatic heterocycles. The average Bonchev–Trinajstić information content (AvgIpc) is 2.99. The van der Waals surface area contributed by atoms with Crippen molar-refractivity contribution in [2.75, 3.05) is 19.6 Å². The fraction of sp³-hybridized carbons (Fsp3) is 0.833. The van der Waals surface area contributed by atoms with E-state index in [1.807, 2.05) is 6.92 Å². The van der Waals surface area contributed by atoms with Crippen LogP contribution >= 0.6 is 0 Å². The molecule has 0 aromatic carbocycles. The zero-order chi connectivity index (χ0) is 12.4. The molecule has 2 atom stereocenters. The number of carbonyl (C=O) groups is 2. The minimum absolute atomic E-state index is 0.0432. The number of nitrogens with one attached hydrogen (secondary N) is 1. The van der Waals surface area contributed by atoms with E-state index in [4.69, 9.17) is 5.11 Å². The van der Waals surface area contributed by atoms with Crippen molar-refractivity contribution >= 4 is 12.0 Å². The Morgan fingerprint density at radius 2 is 2.06 bits per heavy atom. The molecule has 2 amide bonds. The maximum absolute atomic E-state index is 11.8. The molecule has 2 fully saturated rings. The summed E-state index contributed by atoms with van der Waals surface area (Å²) in [4.78, 5) is 24.3. The molecule has 1 saturated carbocycles. The van der Waals surface area contributed by atoms with Gasteiger partial charge in [-0.15, -0.1) is 0 Å². The van der Waals surface area contributed by atoms with E-state index in [0.717, 1.165) is 12.3 Å². The summed E-state index contributed by atoms with van der Waals surface area (Å²) >= 11 is 0. The van der Waals surface area contributed by atoms with Crippen LogP contribution in [0.3, 0.4) is 0 Å². The van der Waals surface area contributed by atoms with Crippen molar-refractivity contribution in [1.29, 1.82) is 0 Å². The number of amides is 2. The number of urea groups is 1. The molecule has 17 heavy (non-hydrogen) atoms. The normalized spacial score (nSPS) is 28.2. The van der Waals surface area contributed by atoms with Gasteiger partial charge in [0, 0.05) is 19.6 Å². The van der Waals surface area contributed by atoms with Crippen LogP contribution in [0.5, 0.6) is 0 Å². The zero-order valence-corrected chi connectivity index (χ0v) is 10.2. The minimum Gasteiger partial charge on any atom is -0.481 e. The lowest BCUT2D eigenvalue weighted by Crippen LogP contribution is -2.39. The second-order valence-electron chi connectivity index (χ2n) is 5.29. The Bertz CT molecular complexity index is 315. The van der Waals surface area contributed by atoms with Gasteiger partial charge in [0.1, 0.15) is 0 Å². The van der Waals surface area contributed by atoms with Crippen LogP contribution in [0.4, 0.5) is 4.79 Å². The molecule has 0 radical (unpaired) electrons. The van der Waals surface area contributed by atoms with Crippen molar-refractivity contribution in [2.24, 2.45) is 17.8 Å².